The molecule has 1 amide bonds. The van der Waals surface area contributed by atoms with E-state index in [4.69, 9.17) is 0 Å². The maximum absolute atomic E-state index is 11.2. The summed E-state index contributed by atoms with van der Waals surface area (Å²) in [6, 6.07) is 0. The van der Waals surface area contributed by atoms with E-state index in [1.165, 1.54) is 38.9 Å². The summed E-state index contributed by atoms with van der Waals surface area (Å²) < 4.78 is 0. The van der Waals surface area contributed by atoms with Gasteiger partial charge in [0.1, 0.15) is 0 Å². The lowest BCUT2D eigenvalue weighted by Gasteiger charge is -2.14. The minimum atomic E-state index is -0.0731. The molecule has 1 aliphatic heterocycles. The molecule has 0 bridgehead atoms. The van der Waals surface area contributed by atoms with Gasteiger partial charge in [-0.3, -0.25) is 4.79 Å². The van der Waals surface area contributed by atoms with Gasteiger partial charge in [0.05, 0.1) is 4.83 Å². The zero-order valence-corrected chi connectivity index (χ0v) is 11.1. The Morgan fingerprint density at radius 1 is 1.40 bits per heavy atom. The molecule has 88 valence electrons. The summed E-state index contributed by atoms with van der Waals surface area (Å²) in [6.45, 7) is 6.39. The number of carbonyl (C=O) groups excluding carboxylic acids is 1. The summed E-state index contributed by atoms with van der Waals surface area (Å²) in [4.78, 5) is 13.6. The van der Waals surface area contributed by atoms with Gasteiger partial charge in [-0.2, -0.15) is 0 Å². The number of nitrogens with zero attached hydrogens (tertiary/aromatic N) is 1. The molecule has 1 unspecified atom stereocenters. The van der Waals surface area contributed by atoms with E-state index in [1.54, 1.807) is 0 Å². The molecule has 4 heteroatoms. The van der Waals surface area contributed by atoms with Crippen molar-refractivity contribution in [3.05, 3.63) is 0 Å². The van der Waals surface area contributed by atoms with E-state index < -0.39 is 0 Å². The van der Waals surface area contributed by atoms with E-state index in [0.717, 1.165) is 13.0 Å². The summed E-state index contributed by atoms with van der Waals surface area (Å²) in [6.07, 6.45) is 4.99. The average Bonchev–Trinajstić information content (AvgIpc) is 2.69. The number of nitrogens with one attached hydrogen (secondary N) is 1. The van der Waals surface area contributed by atoms with Crippen LogP contribution in [0.25, 0.3) is 0 Å². The van der Waals surface area contributed by atoms with Crippen LogP contribution in [-0.4, -0.2) is 41.8 Å². The van der Waals surface area contributed by atoms with Crippen molar-refractivity contribution >= 4 is 21.8 Å². The minimum Gasteiger partial charge on any atom is -0.355 e. The van der Waals surface area contributed by atoms with Crippen LogP contribution < -0.4 is 5.32 Å². The number of unbranched alkanes of at least 4 members (excludes halogenated alkanes) is 1. The first kappa shape index (κ1) is 13.0. The smallest absolute Gasteiger partial charge is 0.233 e. The van der Waals surface area contributed by atoms with Gasteiger partial charge in [0, 0.05) is 6.54 Å². The Morgan fingerprint density at radius 2 is 2.07 bits per heavy atom. The number of carbonyl (C=O) groups is 1. The van der Waals surface area contributed by atoms with Crippen molar-refractivity contribution in [3.8, 4) is 0 Å². The monoisotopic (exact) mass is 276 g/mol. The third-order valence-corrected chi connectivity index (χ3v) is 3.18. The molecule has 15 heavy (non-hydrogen) atoms. The fourth-order valence-electron chi connectivity index (χ4n) is 1.82. The lowest BCUT2D eigenvalue weighted by molar-refractivity contribution is -0.120. The molecule has 1 atom stereocenters. The Bertz CT molecular complexity index is 191. The predicted octanol–water partition coefficient (Wildman–Crippen LogP) is 1.76. The summed E-state index contributed by atoms with van der Waals surface area (Å²) >= 11 is 3.24. The van der Waals surface area contributed by atoms with Gasteiger partial charge in [-0.05, 0) is 52.2 Å². The van der Waals surface area contributed by atoms with E-state index in [2.05, 4.69) is 26.1 Å². The Labute approximate surface area is 101 Å². The maximum atomic E-state index is 11.2. The largest absolute Gasteiger partial charge is 0.355 e. The third-order valence-electron chi connectivity index (χ3n) is 2.76. The molecule has 0 aromatic carbocycles. The van der Waals surface area contributed by atoms with Crippen LogP contribution in [-0.2, 0) is 4.79 Å². The number of likely N-dealkylation sites (tertiary alicyclic amines) is 1. The summed E-state index contributed by atoms with van der Waals surface area (Å²) in [5.41, 5.74) is 0. The van der Waals surface area contributed by atoms with Crippen molar-refractivity contribution in [2.75, 3.05) is 26.2 Å². The molecule has 1 aliphatic rings. The van der Waals surface area contributed by atoms with Crippen LogP contribution in [0, 0.1) is 0 Å². The summed E-state index contributed by atoms with van der Waals surface area (Å²) in [5, 5.41) is 2.90. The van der Waals surface area contributed by atoms with Gasteiger partial charge >= 0.3 is 0 Å². The summed E-state index contributed by atoms with van der Waals surface area (Å²) in [7, 11) is 0. The first-order chi connectivity index (χ1) is 7.20. The molecule has 1 saturated heterocycles. The average molecular weight is 277 g/mol. The van der Waals surface area contributed by atoms with E-state index in [9.17, 15) is 4.79 Å². The second-order valence-electron chi connectivity index (χ2n) is 4.16. The lowest BCUT2D eigenvalue weighted by atomic mass is 10.3. The fraction of sp³-hybridized carbons (Fsp3) is 0.909. The van der Waals surface area contributed by atoms with Crippen LogP contribution in [0.5, 0.6) is 0 Å². The minimum absolute atomic E-state index is 0.0731. The highest BCUT2D eigenvalue weighted by atomic mass is 79.9. The quantitative estimate of drug-likeness (QED) is 0.592. The highest BCUT2D eigenvalue weighted by molar-refractivity contribution is 9.10. The zero-order valence-electron chi connectivity index (χ0n) is 9.47. The van der Waals surface area contributed by atoms with Crippen molar-refractivity contribution in [2.45, 2.75) is 37.4 Å². The normalized spacial score (nSPS) is 19.1. The van der Waals surface area contributed by atoms with Crippen LogP contribution in [0.1, 0.15) is 32.6 Å². The van der Waals surface area contributed by atoms with Gasteiger partial charge in [0.15, 0.2) is 0 Å². The molecule has 1 N–H and O–H groups in total. The molecule has 0 aromatic rings. The number of hydrogen-bond donors (Lipinski definition) is 1. The molecule has 1 rings (SSSR count). The Balaban J connectivity index is 1.90. The molecule has 0 radical (unpaired) electrons. The van der Waals surface area contributed by atoms with Crippen LogP contribution in [0.15, 0.2) is 0 Å². The lowest BCUT2D eigenvalue weighted by Crippen LogP contribution is -2.30. The number of hydrogen-bond acceptors (Lipinski definition) is 2. The second kappa shape index (κ2) is 7.23. The SMILES string of the molecule is CC(Br)C(=O)NCCCCN1CCCC1. The number of halogens is 1. The van der Waals surface area contributed by atoms with Crippen LogP contribution in [0.2, 0.25) is 0 Å². The topological polar surface area (TPSA) is 32.3 Å². The van der Waals surface area contributed by atoms with E-state index >= 15 is 0 Å². The highest BCUT2D eigenvalue weighted by Gasteiger charge is 2.10. The molecule has 0 aromatic heterocycles. The van der Waals surface area contributed by atoms with Gasteiger partial charge in [-0.25, -0.2) is 0 Å². The van der Waals surface area contributed by atoms with Crippen LogP contribution in [0.4, 0.5) is 0 Å². The Hall–Kier alpha value is -0.0900. The van der Waals surface area contributed by atoms with E-state index in [-0.39, 0.29) is 10.7 Å². The van der Waals surface area contributed by atoms with Crippen molar-refractivity contribution in [1.29, 1.82) is 0 Å². The predicted molar refractivity (Wildman–Crippen MR) is 66.3 cm³/mol. The molecule has 0 aliphatic carbocycles. The first-order valence-corrected chi connectivity index (χ1v) is 6.76. The Morgan fingerprint density at radius 3 is 2.67 bits per heavy atom. The van der Waals surface area contributed by atoms with Gasteiger partial charge in [0.2, 0.25) is 5.91 Å². The summed E-state index contributed by atoms with van der Waals surface area (Å²) in [5.74, 6) is 0.0937. The molecule has 1 fully saturated rings. The number of alkyl halides is 1. The van der Waals surface area contributed by atoms with Gasteiger partial charge in [-0.1, -0.05) is 15.9 Å². The Kier molecular flexibility index (Phi) is 6.25. The number of amides is 1. The van der Waals surface area contributed by atoms with E-state index in [1.807, 2.05) is 6.92 Å². The molecular weight excluding hydrogens is 256 g/mol. The first-order valence-electron chi connectivity index (χ1n) is 5.84. The van der Waals surface area contributed by atoms with Crippen LogP contribution >= 0.6 is 15.9 Å². The van der Waals surface area contributed by atoms with Gasteiger partial charge < -0.3 is 10.2 Å². The van der Waals surface area contributed by atoms with Crippen LogP contribution in [0.3, 0.4) is 0 Å². The number of rotatable bonds is 6. The molecule has 1 heterocycles. The fourth-order valence-corrected chi connectivity index (χ4v) is 1.98. The van der Waals surface area contributed by atoms with Crippen molar-refractivity contribution in [1.82, 2.24) is 10.2 Å². The maximum Gasteiger partial charge on any atom is 0.233 e. The highest BCUT2D eigenvalue weighted by Crippen LogP contribution is 2.07. The second-order valence-corrected chi connectivity index (χ2v) is 5.54. The van der Waals surface area contributed by atoms with Crippen molar-refractivity contribution in [3.63, 3.8) is 0 Å². The molecule has 3 nitrogen and oxygen atoms in total. The molecule has 0 spiro atoms. The third kappa shape index (κ3) is 5.52. The molecule has 0 saturated carbocycles. The standard InChI is InChI=1S/C11H21BrN2O/c1-10(12)11(15)13-6-2-3-7-14-8-4-5-9-14/h10H,2-9H2,1H3,(H,13,15). The van der Waals surface area contributed by atoms with Gasteiger partial charge in [-0.15, -0.1) is 0 Å². The van der Waals surface area contributed by atoms with E-state index in [0.29, 0.717) is 0 Å². The molecular formula is C11H21BrN2O. The van der Waals surface area contributed by atoms with Crippen molar-refractivity contribution < 1.29 is 4.79 Å². The van der Waals surface area contributed by atoms with Crippen molar-refractivity contribution in [2.24, 2.45) is 0 Å². The zero-order chi connectivity index (χ0) is 11.1. The van der Waals surface area contributed by atoms with Gasteiger partial charge in [0.25, 0.3) is 0 Å².